The third-order valence-electron chi connectivity index (χ3n) is 4.87. The van der Waals surface area contributed by atoms with Crippen LogP contribution in [0, 0.1) is 12.8 Å². The van der Waals surface area contributed by atoms with E-state index in [1.165, 1.54) is 4.68 Å². The Morgan fingerprint density at radius 2 is 2.13 bits per heavy atom. The first kappa shape index (κ1) is 21.5. The summed E-state index contributed by atoms with van der Waals surface area (Å²) in [6.45, 7) is 6.88. The maximum Gasteiger partial charge on any atom is 0.314 e. The SMILES string of the molecule is Cc1cc(NC(=O)C(=O)NCCCn2ccnc2)n(C2NC(=O)CC(C(C)C)N2)n1. The third kappa shape index (κ3) is 5.44. The first-order chi connectivity index (χ1) is 14.3. The van der Waals surface area contributed by atoms with Crippen LogP contribution in [-0.2, 0) is 20.9 Å². The summed E-state index contributed by atoms with van der Waals surface area (Å²) in [4.78, 5) is 40.5. The van der Waals surface area contributed by atoms with Gasteiger partial charge in [0.05, 0.1) is 12.0 Å². The summed E-state index contributed by atoms with van der Waals surface area (Å²) in [7, 11) is 0. The molecule has 2 unspecified atom stereocenters. The van der Waals surface area contributed by atoms with E-state index in [2.05, 4.69) is 31.3 Å². The van der Waals surface area contributed by atoms with Gasteiger partial charge in [-0.05, 0) is 19.3 Å². The molecule has 0 spiro atoms. The number of nitrogens with one attached hydrogen (secondary N) is 4. The minimum Gasteiger partial charge on any atom is -0.348 e. The van der Waals surface area contributed by atoms with E-state index in [1.807, 2.05) is 24.6 Å². The molecule has 1 fully saturated rings. The number of aromatic nitrogens is 4. The van der Waals surface area contributed by atoms with Crippen molar-refractivity contribution in [3.05, 3.63) is 30.5 Å². The second-order valence-corrected chi connectivity index (χ2v) is 7.67. The molecule has 0 bridgehead atoms. The van der Waals surface area contributed by atoms with E-state index in [1.54, 1.807) is 25.5 Å². The average molecular weight is 416 g/mol. The maximum atomic E-state index is 12.3. The molecular formula is C19H28N8O3. The summed E-state index contributed by atoms with van der Waals surface area (Å²) < 4.78 is 3.37. The number of rotatable bonds is 7. The van der Waals surface area contributed by atoms with Crippen molar-refractivity contribution >= 4 is 23.5 Å². The largest absolute Gasteiger partial charge is 0.348 e. The molecule has 4 N–H and O–H groups in total. The quantitative estimate of drug-likeness (QED) is 0.374. The minimum atomic E-state index is -0.790. The normalized spacial score (nSPS) is 18.9. The second kappa shape index (κ2) is 9.53. The van der Waals surface area contributed by atoms with E-state index in [0.29, 0.717) is 37.4 Å². The van der Waals surface area contributed by atoms with Crippen LogP contribution >= 0.6 is 0 Å². The van der Waals surface area contributed by atoms with Crippen molar-refractivity contribution in [1.29, 1.82) is 0 Å². The number of aryl methyl sites for hydroxylation is 2. The second-order valence-electron chi connectivity index (χ2n) is 7.67. The highest BCUT2D eigenvalue weighted by molar-refractivity contribution is 6.39. The lowest BCUT2D eigenvalue weighted by atomic mass is 9.99. The summed E-state index contributed by atoms with van der Waals surface area (Å²) in [5.41, 5.74) is 0.647. The van der Waals surface area contributed by atoms with Crippen molar-refractivity contribution in [2.24, 2.45) is 5.92 Å². The van der Waals surface area contributed by atoms with Gasteiger partial charge in [-0.25, -0.2) is 9.67 Å². The lowest BCUT2D eigenvalue weighted by Crippen LogP contribution is -2.55. The van der Waals surface area contributed by atoms with Gasteiger partial charge in [-0.15, -0.1) is 0 Å². The Labute approximate surface area is 174 Å². The van der Waals surface area contributed by atoms with Crippen LogP contribution < -0.4 is 21.3 Å². The zero-order valence-electron chi connectivity index (χ0n) is 17.4. The Balaban J connectivity index is 1.57. The molecule has 11 nitrogen and oxygen atoms in total. The summed E-state index contributed by atoms with van der Waals surface area (Å²) in [5.74, 6) is -1.04. The molecule has 1 saturated heterocycles. The predicted octanol–water partition coefficient (Wildman–Crippen LogP) is 0.123. The number of carbonyl (C=O) groups is 3. The molecule has 30 heavy (non-hydrogen) atoms. The monoisotopic (exact) mass is 416 g/mol. The molecule has 162 valence electrons. The van der Waals surface area contributed by atoms with Gasteiger partial charge in [0.1, 0.15) is 5.82 Å². The van der Waals surface area contributed by atoms with E-state index in [9.17, 15) is 14.4 Å². The zero-order valence-corrected chi connectivity index (χ0v) is 17.4. The Hall–Kier alpha value is -3.21. The molecule has 11 heteroatoms. The topological polar surface area (TPSA) is 135 Å². The first-order valence-electron chi connectivity index (χ1n) is 10.00. The van der Waals surface area contributed by atoms with Crippen molar-refractivity contribution < 1.29 is 14.4 Å². The minimum absolute atomic E-state index is 0.0180. The van der Waals surface area contributed by atoms with Crippen LogP contribution in [0.3, 0.4) is 0 Å². The van der Waals surface area contributed by atoms with Gasteiger partial charge in [0, 0.05) is 44.0 Å². The van der Waals surface area contributed by atoms with Gasteiger partial charge < -0.3 is 20.5 Å². The molecule has 2 atom stereocenters. The molecule has 3 rings (SSSR count). The fraction of sp³-hybridized carbons (Fsp3) is 0.526. The maximum absolute atomic E-state index is 12.3. The Morgan fingerprint density at radius 1 is 1.33 bits per heavy atom. The van der Waals surface area contributed by atoms with Crippen molar-refractivity contribution in [1.82, 2.24) is 35.3 Å². The summed E-state index contributed by atoms with van der Waals surface area (Å²) in [6, 6.07) is 1.63. The van der Waals surface area contributed by atoms with Gasteiger partial charge in [-0.3, -0.25) is 19.7 Å². The Kier molecular flexibility index (Phi) is 6.83. The molecule has 3 amide bonds. The van der Waals surface area contributed by atoms with Crippen LogP contribution in [0.2, 0.25) is 0 Å². The van der Waals surface area contributed by atoms with Gasteiger partial charge in [-0.1, -0.05) is 13.8 Å². The third-order valence-corrected chi connectivity index (χ3v) is 4.87. The molecule has 0 saturated carbocycles. The highest BCUT2D eigenvalue weighted by atomic mass is 16.2. The predicted molar refractivity (Wildman–Crippen MR) is 109 cm³/mol. The Morgan fingerprint density at radius 3 is 2.83 bits per heavy atom. The molecular weight excluding hydrogens is 388 g/mol. The van der Waals surface area contributed by atoms with Crippen molar-refractivity contribution in [2.45, 2.75) is 52.5 Å². The van der Waals surface area contributed by atoms with E-state index in [0.717, 1.165) is 0 Å². The van der Waals surface area contributed by atoms with E-state index in [-0.39, 0.29) is 17.9 Å². The van der Waals surface area contributed by atoms with Crippen LogP contribution in [-0.4, -0.2) is 49.6 Å². The molecule has 0 radical (unpaired) electrons. The fourth-order valence-corrected chi connectivity index (χ4v) is 3.22. The highest BCUT2D eigenvalue weighted by Crippen LogP contribution is 2.19. The fourth-order valence-electron chi connectivity index (χ4n) is 3.22. The smallest absolute Gasteiger partial charge is 0.314 e. The van der Waals surface area contributed by atoms with Crippen molar-refractivity contribution in [3.63, 3.8) is 0 Å². The van der Waals surface area contributed by atoms with Gasteiger partial charge in [0.2, 0.25) is 5.91 Å². The lowest BCUT2D eigenvalue weighted by Gasteiger charge is -2.34. The van der Waals surface area contributed by atoms with Crippen LogP contribution in [0.25, 0.3) is 0 Å². The number of amides is 3. The molecule has 2 aromatic heterocycles. The first-order valence-corrected chi connectivity index (χ1v) is 10.00. The number of nitrogens with zero attached hydrogens (tertiary/aromatic N) is 4. The lowest BCUT2D eigenvalue weighted by molar-refractivity contribution is -0.136. The molecule has 3 heterocycles. The number of hydrogen-bond acceptors (Lipinski definition) is 6. The number of imidazole rings is 1. The van der Waals surface area contributed by atoms with E-state index in [4.69, 9.17) is 0 Å². The van der Waals surface area contributed by atoms with Gasteiger partial charge in [0.15, 0.2) is 6.29 Å². The van der Waals surface area contributed by atoms with Crippen molar-refractivity contribution in [2.75, 3.05) is 11.9 Å². The zero-order chi connectivity index (χ0) is 21.7. The van der Waals surface area contributed by atoms with Crippen molar-refractivity contribution in [3.8, 4) is 0 Å². The summed E-state index contributed by atoms with van der Waals surface area (Å²) in [6.07, 6.45) is 5.64. The summed E-state index contributed by atoms with van der Waals surface area (Å²) >= 11 is 0. The van der Waals surface area contributed by atoms with E-state index >= 15 is 0 Å². The molecule has 1 aliphatic heterocycles. The van der Waals surface area contributed by atoms with Crippen LogP contribution in [0.5, 0.6) is 0 Å². The molecule has 2 aromatic rings. The summed E-state index contributed by atoms with van der Waals surface area (Å²) in [5, 5.41) is 15.7. The number of carbonyl (C=O) groups excluding carboxylic acids is 3. The van der Waals surface area contributed by atoms with Gasteiger partial charge in [-0.2, -0.15) is 5.10 Å². The highest BCUT2D eigenvalue weighted by Gasteiger charge is 2.30. The molecule has 0 aromatic carbocycles. The van der Waals surface area contributed by atoms with E-state index < -0.39 is 18.1 Å². The van der Waals surface area contributed by atoms with Gasteiger partial charge in [0.25, 0.3) is 0 Å². The van der Waals surface area contributed by atoms with Crippen LogP contribution in [0.15, 0.2) is 24.8 Å². The number of hydrogen-bond donors (Lipinski definition) is 4. The molecule has 0 aliphatic carbocycles. The average Bonchev–Trinajstić information content (AvgIpc) is 3.34. The van der Waals surface area contributed by atoms with Crippen LogP contribution in [0.1, 0.15) is 38.7 Å². The standard InChI is InChI=1S/C19H28N8O3/c1-12(2)14-10-16(28)24-19(22-14)27-15(9-13(3)25-27)23-18(30)17(29)21-5-4-7-26-8-6-20-11-26/h6,8-9,11-12,14,19,22H,4-5,7,10H2,1-3H3,(H,21,29)(H,23,30)(H,24,28). The van der Waals surface area contributed by atoms with Gasteiger partial charge >= 0.3 is 11.8 Å². The Bertz CT molecular complexity index is 890. The molecule has 1 aliphatic rings. The van der Waals surface area contributed by atoms with Crippen LogP contribution in [0.4, 0.5) is 5.82 Å². The number of anilines is 1.